The topological polar surface area (TPSA) is 71.8 Å². The van der Waals surface area contributed by atoms with Crippen molar-refractivity contribution >= 4 is 22.8 Å². The first-order valence-corrected chi connectivity index (χ1v) is 6.79. The van der Waals surface area contributed by atoms with Crippen LogP contribution in [0.4, 0.5) is 0 Å². The van der Waals surface area contributed by atoms with Crippen LogP contribution < -0.4 is 5.32 Å². The van der Waals surface area contributed by atoms with Gasteiger partial charge in [-0.15, -0.1) is 0 Å². The van der Waals surface area contributed by atoms with Crippen LogP contribution in [-0.2, 0) is 9.53 Å². The molecule has 3 rings (SSSR count). The first-order chi connectivity index (χ1) is 10.2. The number of likely N-dealkylation sites (N-methyl/N-ethyl adjacent to an activating group) is 1. The number of ether oxygens (including phenoxy) is 1. The van der Waals surface area contributed by atoms with Crippen LogP contribution in [0.15, 0.2) is 34.9 Å². The molecule has 1 aromatic carbocycles. The summed E-state index contributed by atoms with van der Waals surface area (Å²) in [4.78, 5) is 25.9. The smallest absolute Gasteiger partial charge is 0.257 e. The third kappa shape index (κ3) is 2.50. The quantitative estimate of drug-likeness (QED) is 0.895. The average Bonchev–Trinajstić information content (AvgIpc) is 2.97. The summed E-state index contributed by atoms with van der Waals surface area (Å²) in [5, 5.41) is 3.32. The number of nitrogens with one attached hydrogen (secondary N) is 1. The summed E-state index contributed by atoms with van der Waals surface area (Å²) in [7, 11) is 1.55. The van der Waals surface area contributed by atoms with E-state index < -0.39 is 6.10 Å². The number of carbonyl (C=O) groups is 2. The second-order valence-corrected chi connectivity index (χ2v) is 4.87. The van der Waals surface area contributed by atoms with Crippen molar-refractivity contribution in [2.75, 3.05) is 26.7 Å². The summed E-state index contributed by atoms with van der Waals surface area (Å²) in [5.41, 5.74) is 1.19. The maximum absolute atomic E-state index is 12.6. The Morgan fingerprint density at radius 3 is 2.95 bits per heavy atom. The minimum atomic E-state index is -0.620. The molecule has 0 saturated carbocycles. The highest BCUT2D eigenvalue weighted by Gasteiger charge is 2.30. The predicted octanol–water partition coefficient (Wildman–Crippen LogP) is 1.02. The Kier molecular flexibility index (Phi) is 3.62. The van der Waals surface area contributed by atoms with E-state index in [0.717, 1.165) is 5.39 Å². The van der Waals surface area contributed by atoms with E-state index in [1.165, 1.54) is 6.26 Å². The molecule has 21 heavy (non-hydrogen) atoms. The minimum absolute atomic E-state index is 0.142. The van der Waals surface area contributed by atoms with Gasteiger partial charge in [0.15, 0.2) is 6.10 Å². The predicted molar refractivity (Wildman–Crippen MR) is 75.9 cm³/mol. The summed E-state index contributed by atoms with van der Waals surface area (Å²) >= 11 is 0. The van der Waals surface area contributed by atoms with Crippen LogP contribution in [0.1, 0.15) is 10.4 Å². The number of benzene rings is 1. The Morgan fingerprint density at radius 2 is 2.14 bits per heavy atom. The van der Waals surface area contributed by atoms with Gasteiger partial charge in [-0.1, -0.05) is 18.2 Å². The summed E-state index contributed by atoms with van der Waals surface area (Å²) in [5.74, 6) is -0.360. The Hall–Kier alpha value is -2.34. The zero-order valence-corrected chi connectivity index (χ0v) is 11.7. The first-order valence-electron chi connectivity index (χ1n) is 6.79. The van der Waals surface area contributed by atoms with E-state index in [2.05, 4.69) is 5.32 Å². The molecule has 2 aromatic rings. The van der Waals surface area contributed by atoms with Crippen LogP contribution in [-0.4, -0.2) is 49.6 Å². The van der Waals surface area contributed by atoms with E-state index in [1.807, 2.05) is 24.3 Å². The molecule has 0 aliphatic carbocycles. The zero-order valence-electron chi connectivity index (χ0n) is 11.7. The fourth-order valence-electron chi connectivity index (χ4n) is 2.47. The van der Waals surface area contributed by atoms with E-state index in [0.29, 0.717) is 24.3 Å². The highest BCUT2D eigenvalue weighted by Crippen LogP contribution is 2.22. The minimum Gasteiger partial charge on any atom is -0.463 e. The van der Waals surface area contributed by atoms with Crippen LogP contribution in [0.5, 0.6) is 0 Å². The van der Waals surface area contributed by atoms with E-state index in [1.54, 1.807) is 11.9 Å². The fraction of sp³-hybridized carbons (Fsp3) is 0.333. The molecule has 2 heterocycles. The van der Waals surface area contributed by atoms with Crippen LogP contribution in [0, 0.1) is 0 Å². The second kappa shape index (κ2) is 5.57. The molecule has 1 atom stereocenters. The van der Waals surface area contributed by atoms with E-state index in [4.69, 9.17) is 9.15 Å². The highest BCUT2D eigenvalue weighted by atomic mass is 16.5. The van der Waals surface area contributed by atoms with Crippen LogP contribution >= 0.6 is 0 Å². The molecule has 6 nitrogen and oxygen atoms in total. The van der Waals surface area contributed by atoms with Gasteiger partial charge in [0.25, 0.3) is 11.8 Å². The van der Waals surface area contributed by atoms with Crippen molar-refractivity contribution in [3.8, 4) is 0 Å². The lowest BCUT2D eigenvalue weighted by molar-refractivity contribution is -0.136. The number of amides is 2. The number of para-hydroxylation sites is 1. The molecule has 110 valence electrons. The van der Waals surface area contributed by atoms with Crippen molar-refractivity contribution in [2.45, 2.75) is 6.10 Å². The molecular formula is C15H16N2O4. The maximum atomic E-state index is 12.6. The maximum Gasteiger partial charge on any atom is 0.257 e. The molecule has 0 radical (unpaired) electrons. The molecule has 1 saturated heterocycles. The van der Waals surface area contributed by atoms with Gasteiger partial charge >= 0.3 is 0 Å². The second-order valence-electron chi connectivity index (χ2n) is 4.87. The fourth-order valence-corrected chi connectivity index (χ4v) is 2.47. The van der Waals surface area contributed by atoms with E-state index >= 15 is 0 Å². The SMILES string of the molecule is CNC(=O)C1CN(C(=O)c2coc3ccccc23)CCO1. The molecule has 2 amide bonds. The Balaban J connectivity index is 1.83. The van der Waals surface area contributed by atoms with Crippen molar-refractivity contribution in [1.82, 2.24) is 10.2 Å². The van der Waals surface area contributed by atoms with Gasteiger partial charge in [0.05, 0.1) is 18.7 Å². The number of fused-ring (bicyclic) bond motifs is 1. The van der Waals surface area contributed by atoms with Gasteiger partial charge in [-0.25, -0.2) is 0 Å². The van der Waals surface area contributed by atoms with Crippen LogP contribution in [0.25, 0.3) is 11.0 Å². The standard InChI is InChI=1S/C15H16N2O4/c1-16-14(18)13-8-17(6-7-20-13)15(19)11-9-21-12-5-3-2-4-10(11)12/h2-5,9,13H,6-8H2,1H3,(H,16,18). The van der Waals surface area contributed by atoms with Gasteiger partial charge in [0.1, 0.15) is 11.8 Å². The van der Waals surface area contributed by atoms with E-state index in [9.17, 15) is 9.59 Å². The number of morpholine rings is 1. The van der Waals surface area contributed by atoms with Gasteiger partial charge in [0, 0.05) is 19.0 Å². The third-order valence-corrected chi connectivity index (χ3v) is 3.60. The number of furan rings is 1. The number of hydrogen-bond donors (Lipinski definition) is 1. The summed E-state index contributed by atoms with van der Waals surface area (Å²) in [6.45, 7) is 1.06. The lowest BCUT2D eigenvalue weighted by Gasteiger charge is -2.31. The number of rotatable bonds is 2. The molecule has 6 heteroatoms. The van der Waals surface area contributed by atoms with Crippen LogP contribution in [0.2, 0.25) is 0 Å². The van der Waals surface area contributed by atoms with Crippen LogP contribution in [0.3, 0.4) is 0 Å². The molecule has 1 aromatic heterocycles. The van der Waals surface area contributed by atoms with E-state index in [-0.39, 0.29) is 18.4 Å². The summed E-state index contributed by atoms with van der Waals surface area (Å²) < 4.78 is 10.8. The van der Waals surface area contributed by atoms with Crippen molar-refractivity contribution in [3.63, 3.8) is 0 Å². The summed E-state index contributed by atoms with van der Waals surface area (Å²) in [6, 6.07) is 7.39. The Morgan fingerprint density at radius 1 is 1.33 bits per heavy atom. The Labute approximate surface area is 121 Å². The van der Waals surface area contributed by atoms with Crippen molar-refractivity contribution in [1.29, 1.82) is 0 Å². The molecule has 1 fully saturated rings. The van der Waals surface area contributed by atoms with Crippen molar-refractivity contribution < 1.29 is 18.7 Å². The van der Waals surface area contributed by atoms with Gasteiger partial charge in [0.2, 0.25) is 0 Å². The molecule has 0 bridgehead atoms. The monoisotopic (exact) mass is 288 g/mol. The molecule has 1 aliphatic heterocycles. The summed E-state index contributed by atoms with van der Waals surface area (Å²) in [6.07, 6.45) is 0.850. The van der Waals surface area contributed by atoms with Gasteiger partial charge in [-0.3, -0.25) is 9.59 Å². The highest BCUT2D eigenvalue weighted by molar-refractivity contribution is 6.06. The largest absolute Gasteiger partial charge is 0.463 e. The molecule has 1 unspecified atom stereocenters. The van der Waals surface area contributed by atoms with Crippen molar-refractivity contribution in [2.24, 2.45) is 0 Å². The van der Waals surface area contributed by atoms with Crippen molar-refractivity contribution in [3.05, 3.63) is 36.1 Å². The first kappa shape index (κ1) is 13.6. The lowest BCUT2D eigenvalue weighted by atomic mass is 10.1. The lowest BCUT2D eigenvalue weighted by Crippen LogP contribution is -2.51. The third-order valence-electron chi connectivity index (χ3n) is 3.60. The van der Waals surface area contributed by atoms with Gasteiger partial charge in [-0.05, 0) is 6.07 Å². The molecular weight excluding hydrogens is 272 g/mol. The number of carbonyl (C=O) groups excluding carboxylic acids is 2. The Bertz CT molecular complexity index is 679. The average molecular weight is 288 g/mol. The van der Waals surface area contributed by atoms with Gasteiger partial charge < -0.3 is 19.4 Å². The number of hydrogen-bond acceptors (Lipinski definition) is 4. The van der Waals surface area contributed by atoms with Gasteiger partial charge in [-0.2, -0.15) is 0 Å². The molecule has 1 N–H and O–H groups in total. The zero-order chi connectivity index (χ0) is 14.8. The molecule has 1 aliphatic rings. The number of nitrogens with zero attached hydrogens (tertiary/aromatic N) is 1. The molecule has 0 spiro atoms. The normalized spacial score (nSPS) is 18.7.